The van der Waals surface area contributed by atoms with Crippen LogP contribution >= 0.6 is 0 Å². The van der Waals surface area contributed by atoms with Crippen molar-refractivity contribution < 1.29 is 29.1 Å². The van der Waals surface area contributed by atoms with Crippen molar-refractivity contribution in [1.29, 1.82) is 0 Å². The zero-order valence-electron chi connectivity index (χ0n) is 17.6. The van der Waals surface area contributed by atoms with Gasteiger partial charge in [-0.15, -0.1) is 0 Å². The zero-order chi connectivity index (χ0) is 22.5. The molecular formula is C24H26N2O6. The van der Waals surface area contributed by atoms with E-state index in [0.29, 0.717) is 12.8 Å². The van der Waals surface area contributed by atoms with Gasteiger partial charge in [-0.05, 0) is 35.1 Å². The molecule has 0 aromatic heterocycles. The van der Waals surface area contributed by atoms with E-state index in [4.69, 9.17) is 14.7 Å². The Labute approximate surface area is 185 Å². The Morgan fingerprint density at radius 1 is 0.938 bits per heavy atom. The lowest BCUT2D eigenvalue weighted by molar-refractivity contribution is -0.151. The van der Waals surface area contributed by atoms with E-state index in [9.17, 15) is 14.4 Å². The number of alkyl carbamates (subject to hydrolysis) is 1. The molecule has 2 aliphatic rings. The van der Waals surface area contributed by atoms with E-state index in [1.807, 2.05) is 24.3 Å². The molecule has 0 spiro atoms. The molecule has 0 heterocycles. The maximum Gasteiger partial charge on any atom is 0.407 e. The van der Waals surface area contributed by atoms with Gasteiger partial charge >= 0.3 is 12.1 Å². The third-order valence-electron chi connectivity index (χ3n) is 6.12. The summed E-state index contributed by atoms with van der Waals surface area (Å²) in [6.45, 7) is -0.423. The van der Waals surface area contributed by atoms with Gasteiger partial charge in [-0.2, -0.15) is 0 Å². The lowest BCUT2D eigenvalue weighted by Gasteiger charge is -2.30. The van der Waals surface area contributed by atoms with Gasteiger partial charge in [-0.1, -0.05) is 61.4 Å². The average Bonchev–Trinajstić information content (AvgIpc) is 3.11. The molecule has 8 heteroatoms. The lowest BCUT2D eigenvalue weighted by atomic mass is 9.84. The predicted octanol–water partition coefficient (Wildman–Crippen LogP) is 3.22. The van der Waals surface area contributed by atoms with Gasteiger partial charge in [0.2, 0.25) is 5.91 Å². The highest BCUT2D eigenvalue weighted by Crippen LogP contribution is 2.44. The molecule has 0 unspecified atom stereocenters. The van der Waals surface area contributed by atoms with Crippen LogP contribution < -0.4 is 10.8 Å². The number of benzene rings is 2. The number of carboxylic acid groups (broad SMARTS) is 1. The van der Waals surface area contributed by atoms with Gasteiger partial charge < -0.3 is 15.2 Å². The molecule has 8 nitrogen and oxygen atoms in total. The normalized spacial score (nSPS) is 19.5. The quantitative estimate of drug-likeness (QED) is 0.572. The van der Waals surface area contributed by atoms with E-state index in [0.717, 1.165) is 35.1 Å². The number of carbonyl (C=O) groups excluding carboxylic acids is 2. The van der Waals surface area contributed by atoms with Gasteiger partial charge in [0.05, 0.1) is 5.92 Å². The zero-order valence-corrected chi connectivity index (χ0v) is 17.6. The van der Waals surface area contributed by atoms with Crippen molar-refractivity contribution in [2.75, 3.05) is 13.2 Å². The number of hydrogen-bond acceptors (Lipinski definition) is 5. The highest BCUT2D eigenvalue weighted by atomic mass is 16.7. The fourth-order valence-electron chi connectivity index (χ4n) is 4.65. The molecule has 3 N–H and O–H groups in total. The molecule has 0 radical (unpaired) electrons. The maximum absolute atomic E-state index is 12.6. The Morgan fingerprint density at radius 3 is 2.22 bits per heavy atom. The van der Waals surface area contributed by atoms with Crippen molar-refractivity contribution in [3.05, 3.63) is 59.7 Å². The van der Waals surface area contributed by atoms with Crippen molar-refractivity contribution in [2.24, 2.45) is 5.92 Å². The summed E-state index contributed by atoms with van der Waals surface area (Å²) >= 11 is 0. The molecule has 168 valence electrons. The first-order valence-corrected chi connectivity index (χ1v) is 10.8. The second-order valence-corrected chi connectivity index (χ2v) is 8.12. The van der Waals surface area contributed by atoms with Crippen molar-refractivity contribution in [3.8, 4) is 11.1 Å². The van der Waals surface area contributed by atoms with Crippen LogP contribution in [0, 0.1) is 5.92 Å². The molecule has 32 heavy (non-hydrogen) atoms. The van der Waals surface area contributed by atoms with Crippen LogP contribution in [-0.2, 0) is 19.2 Å². The smallest absolute Gasteiger partial charge is 0.407 e. The van der Waals surface area contributed by atoms with Crippen LogP contribution in [0.25, 0.3) is 11.1 Å². The minimum absolute atomic E-state index is 0.0389. The van der Waals surface area contributed by atoms with Crippen molar-refractivity contribution in [2.45, 2.75) is 37.6 Å². The van der Waals surface area contributed by atoms with Crippen LogP contribution in [0.15, 0.2) is 48.5 Å². The van der Waals surface area contributed by atoms with E-state index in [-0.39, 0.29) is 12.5 Å². The molecule has 2 atom stereocenters. The van der Waals surface area contributed by atoms with E-state index >= 15 is 0 Å². The highest BCUT2D eigenvalue weighted by Gasteiger charge is 2.34. The number of carbonyl (C=O) groups is 3. The number of hydroxylamine groups is 1. The second kappa shape index (κ2) is 9.82. The van der Waals surface area contributed by atoms with Gasteiger partial charge in [0, 0.05) is 12.0 Å². The lowest BCUT2D eigenvalue weighted by Crippen LogP contribution is -2.48. The average molecular weight is 438 g/mol. The van der Waals surface area contributed by atoms with E-state index in [1.165, 1.54) is 0 Å². The number of nitrogens with one attached hydrogen (secondary N) is 2. The van der Waals surface area contributed by atoms with Crippen molar-refractivity contribution >= 4 is 18.0 Å². The fourth-order valence-corrected chi connectivity index (χ4v) is 4.65. The Kier molecular flexibility index (Phi) is 6.70. The van der Waals surface area contributed by atoms with Gasteiger partial charge in [0.1, 0.15) is 6.61 Å². The SMILES string of the molecule is O=C(O)CONC(=O)[C@@H]1CCCC[C@@H]1NC(=O)OCC1c2ccccc2-c2ccccc21. The number of rotatable bonds is 7. The van der Waals surface area contributed by atoms with Crippen LogP contribution in [0.4, 0.5) is 4.79 Å². The molecular weight excluding hydrogens is 412 g/mol. The molecule has 0 bridgehead atoms. The van der Waals surface area contributed by atoms with Gasteiger partial charge in [-0.3, -0.25) is 9.63 Å². The third kappa shape index (κ3) is 4.75. The topological polar surface area (TPSA) is 114 Å². The summed E-state index contributed by atoms with van der Waals surface area (Å²) in [5.41, 5.74) is 6.75. The molecule has 2 amide bonds. The Bertz CT molecular complexity index is 962. The monoisotopic (exact) mass is 438 g/mol. The van der Waals surface area contributed by atoms with E-state index in [1.54, 1.807) is 0 Å². The van der Waals surface area contributed by atoms with Gasteiger partial charge in [0.25, 0.3) is 0 Å². The minimum atomic E-state index is -1.18. The summed E-state index contributed by atoms with van der Waals surface area (Å²) in [7, 11) is 0. The first-order chi connectivity index (χ1) is 15.5. The third-order valence-corrected chi connectivity index (χ3v) is 6.12. The first-order valence-electron chi connectivity index (χ1n) is 10.8. The molecule has 2 aliphatic carbocycles. The number of amides is 2. The summed E-state index contributed by atoms with van der Waals surface area (Å²) in [5.74, 6) is -2.15. The largest absolute Gasteiger partial charge is 0.479 e. The van der Waals surface area contributed by atoms with Crippen LogP contribution in [0.2, 0.25) is 0 Å². The Morgan fingerprint density at radius 2 is 1.56 bits per heavy atom. The Balaban J connectivity index is 1.36. The molecule has 0 saturated heterocycles. The van der Waals surface area contributed by atoms with E-state index < -0.39 is 36.5 Å². The van der Waals surface area contributed by atoms with E-state index in [2.05, 4.69) is 35.1 Å². The summed E-state index contributed by atoms with van der Waals surface area (Å²) in [5, 5.41) is 11.5. The standard InChI is InChI=1S/C24H26N2O6/c27-22(28)14-32-26-23(29)19-11-5-6-12-21(19)25-24(30)31-13-20-17-9-3-1-7-15(17)16-8-2-4-10-18(16)20/h1-4,7-10,19-21H,5-6,11-14H2,(H,25,30)(H,26,29)(H,27,28)/t19-,21+/m1/s1. The molecule has 0 aliphatic heterocycles. The molecule has 1 fully saturated rings. The highest BCUT2D eigenvalue weighted by molar-refractivity contribution is 5.80. The maximum atomic E-state index is 12.6. The van der Waals surface area contributed by atoms with Crippen LogP contribution in [-0.4, -0.2) is 42.3 Å². The first kappa shape index (κ1) is 21.8. The van der Waals surface area contributed by atoms with Crippen molar-refractivity contribution in [1.82, 2.24) is 10.8 Å². The molecule has 4 rings (SSSR count). The van der Waals surface area contributed by atoms with Gasteiger partial charge in [0.15, 0.2) is 6.61 Å². The number of aliphatic carboxylic acids is 1. The molecule has 1 saturated carbocycles. The second-order valence-electron chi connectivity index (χ2n) is 8.12. The summed E-state index contributed by atoms with van der Waals surface area (Å²) in [6, 6.07) is 15.8. The summed E-state index contributed by atoms with van der Waals surface area (Å²) in [6.07, 6.45) is 2.38. The number of hydrogen-bond donors (Lipinski definition) is 3. The van der Waals surface area contributed by atoms with Crippen LogP contribution in [0.3, 0.4) is 0 Å². The predicted molar refractivity (Wildman–Crippen MR) is 116 cm³/mol. The Hall–Kier alpha value is -3.39. The molecule has 2 aromatic rings. The van der Waals surface area contributed by atoms with Gasteiger partial charge in [-0.25, -0.2) is 15.1 Å². The number of carboxylic acids is 1. The van der Waals surface area contributed by atoms with Crippen LogP contribution in [0.1, 0.15) is 42.7 Å². The van der Waals surface area contributed by atoms with Crippen LogP contribution in [0.5, 0.6) is 0 Å². The fraction of sp³-hybridized carbons (Fsp3) is 0.375. The minimum Gasteiger partial charge on any atom is -0.479 e. The summed E-state index contributed by atoms with van der Waals surface area (Å²) < 4.78 is 5.59. The van der Waals surface area contributed by atoms with Crippen molar-refractivity contribution in [3.63, 3.8) is 0 Å². The molecule has 2 aromatic carbocycles. The number of fused-ring (bicyclic) bond motifs is 3. The summed E-state index contributed by atoms with van der Waals surface area (Å²) in [4.78, 5) is 40.2. The number of ether oxygens (including phenoxy) is 1.